The zero-order valence-electron chi connectivity index (χ0n) is 14.7. The highest BCUT2D eigenvalue weighted by atomic mass is 16.4. The molecule has 6 heteroatoms. The number of carbonyl (C=O) groups excluding carboxylic acids is 1. The summed E-state index contributed by atoms with van der Waals surface area (Å²) in [6.45, 7) is 0. The van der Waals surface area contributed by atoms with Gasteiger partial charge in [0.2, 0.25) is 11.8 Å². The molecule has 0 bridgehead atoms. The highest BCUT2D eigenvalue weighted by molar-refractivity contribution is 6.04. The van der Waals surface area contributed by atoms with Crippen LogP contribution in [0.3, 0.4) is 0 Å². The smallest absolute Gasteiger partial charge is 0.255 e. The summed E-state index contributed by atoms with van der Waals surface area (Å²) in [6, 6.07) is 25.2. The van der Waals surface area contributed by atoms with E-state index in [2.05, 4.69) is 15.5 Å². The first-order valence-electron chi connectivity index (χ1n) is 8.54. The molecule has 0 aliphatic carbocycles. The number of rotatable bonds is 4. The van der Waals surface area contributed by atoms with Crippen molar-refractivity contribution in [1.82, 2.24) is 10.2 Å². The number of anilines is 1. The van der Waals surface area contributed by atoms with E-state index in [9.17, 15) is 4.79 Å². The van der Waals surface area contributed by atoms with Gasteiger partial charge in [0.1, 0.15) is 0 Å². The molecule has 0 aliphatic heterocycles. The van der Waals surface area contributed by atoms with E-state index in [1.54, 1.807) is 48.5 Å². The third-order valence-corrected chi connectivity index (χ3v) is 4.11. The number of aromatic nitrogens is 2. The molecule has 134 valence electrons. The van der Waals surface area contributed by atoms with Crippen molar-refractivity contribution in [2.45, 2.75) is 0 Å². The zero-order valence-corrected chi connectivity index (χ0v) is 14.7. The number of nitrogens with one attached hydrogen (secondary N) is 1. The van der Waals surface area contributed by atoms with E-state index < -0.39 is 0 Å². The third kappa shape index (κ3) is 3.64. The van der Waals surface area contributed by atoms with Crippen LogP contribution in [0.4, 0.5) is 5.69 Å². The molecule has 1 aromatic heterocycles. The van der Waals surface area contributed by atoms with Gasteiger partial charge in [0, 0.05) is 22.4 Å². The number of nitriles is 1. The van der Waals surface area contributed by atoms with Gasteiger partial charge < -0.3 is 9.73 Å². The first-order chi connectivity index (χ1) is 13.7. The van der Waals surface area contributed by atoms with E-state index in [-0.39, 0.29) is 5.91 Å². The Kier molecular flexibility index (Phi) is 4.64. The van der Waals surface area contributed by atoms with Crippen LogP contribution in [0.15, 0.2) is 83.3 Å². The van der Waals surface area contributed by atoms with Crippen molar-refractivity contribution in [3.05, 3.63) is 90.0 Å². The summed E-state index contributed by atoms with van der Waals surface area (Å²) in [5.74, 6) is 0.610. The van der Waals surface area contributed by atoms with Gasteiger partial charge in [0.05, 0.1) is 11.6 Å². The van der Waals surface area contributed by atoms with Crippen molar-refractivity contribution in [2.75, 3.05) is 5.32 Å². The molecule has 0 radical (unpaired) electrons. The van der Waals surface area contributed by atoms with Gasteiger partial charge in [-0.25, -0.2) is 0 Å². The number of nitrogens with zero attached hydrogens (tertiary/aromatic N) is 3. The summed E-state index contributed by atoms with van der Waals surface area (Å²) in [6.07, 6.45) is 0. The summed E-state index contributed by atoms with van der Waals surface area (Å²) in [4.78, 5) is 12.3. The zero-order chi connectivity index (χ0) is 19.3. The highest BCUT2D eigenvalue weighted by Crippen LogP contribution is 2.24. The predicted molar refractivity (Wildman–Crippen MR) is 104 cm³/mol. The maximum atomic E-state index is 12.3. The Morgan fingerprint density at radius 2 is 1.43 bits per heavy atom. The Hall–Kier alpha value is -4.24. The number of hydrogen-bond acceptors (Lipinski definition) is 5. The SMILES string of the molecule is N#Cc1ccc(C(=O)Nc2ccc(-c3nnc(-c4ccccc4)o3)cc2)cc1. The van der Waals surface area contributed by atoms with Crippen LogP contribution in [-0.4, -0.2) is 16.1 Å². The summed E-state index contributed by atoms with van der Waals surface area (Å²) >= 11 is 0. The van der Waals surface area contributed by atoms with Gasteiger partial charge >= 0.3 is 0 Å². The summed E-state index contributed by atoms with van der Waals surface area (Å²) in [5, 5.41) is 19.8. The van der Waals surface area contributed by atoms with Crippen LogP contribution in [0.25, 0.3) is 22.9 Å². The lowest BCUT2D eigenvalue weighted by molar-refractivity contribution is 0.102. The van der Waals surface area contributed by atoms with Crippen LogP contribution in [-0.2, 0) is 0 Å². The molecule has 4 rings (SSSR count). The lowest BCUT2D eigenvalue weighted by atomic mass is 10.1. The molecular weight excluding hydrogens is 352 g/mol. The molecule has 0 unspecified atom stereocenters. The van der Waals surface area contributed by atoms with Gasteiger partial charge in [-0.05, 0) is 60.7 Å². The van der Waals surface area contributed by atoms with Gasteiger partial charge in [0.15, 0.2) is 0 Å². The lowest BCUT2D eigenvalue weighted by Crippen LogP contribution is -2.11. The second kappa shape index (κ2) is 7.56. The Morgan fingerprint density at radius 1 is 0.821 bits per heavy atom. The summed E-state index contributed by atoms with van der Waals surface area (Å²) in [5.41, 5.74) is 3.24. The van der Waals surface area contributed by atoms with Crippen molar-refractivity contribution in [1.29, 1.82) is 5.26 Å². The number of carbonyl (C=O) groups is 1. The fourth-order valence-corrected chi connectivity index (χ4v) is 2.63. The maximum Gasteiger partial charge on any atom is 0.255 e. The van der Waals surface area contributed by atoms with E-state index in [1.165, 1.54) is 0 Å². The minimum Gasteiger partial charge on any atom is -0.416 e. The quantitative estimate of drug-likeness (QED) is 0.573. The van der Waals surface area contributed by atoms with Gasteiger partial charge in [-0.15, -0.1) is 10.2 Å². The van der Waals surface area contributed by atoms with E-state index in [0.29, 0.717) is 28.6 Å². The van der Waals surface area contributed by atoms with Crippen LogP contribution in [0, 0.1) is 11.3 Å². The van der Waals surface area contributed by atoms with Crippen molar-refractivity contribution in [3.63, 3.8) is 0 Å². The van der Waals surface area contributed by atoms with Crippen molar-refractivity contribution >= 4 is 11.6 Å². The molecule has 6 nitrogen and oxygen atoms in total. The first-order valence-corrected chi connectivity index (χ1v) is 8.54. The molecule has 1 amide bonds. The number of benzene rings is 3. The van der Waals surface area contributed by atoms with Gasteiger partial charge in [-0.2, -0.15) is 5.26 Å². The van der Waals surface area contributed by atoms with E-state index in [0.717, 1.165) is 11.1 Å². The van der Waals surface area contributed by atoms with Crippen LogP contribution < -0.4 is 5.32 Å². The Morgan fingerprint density at radius 3 is 2.04 bits per heavy atom. The first kappa shape index (κ1) is 17.2. The second-order valence-electron chi connectivity index (χ2n) is 6.00. The summed E-state index contributed by atoms with van der Waals surface area (Å²) < 4.78 is 5.73. The fourth-order valence-electron chi connectivity index (χ4n) is 2.63. The minimum absolute atomic E-state index is 0.249. The van der Waals surface area contributed by atoms with Gasteiger partial charge in [-0.3, -0.25) is 4.79 Å². The molecule has 4 aromatic rings. The van der Waals surface area contributed by atoms with E-state index in [1.807, 2.05) is 36.4 Å². The topological polar surface area (TPSA) is 91.8 Å². The second-order valence-corrected chi connectivity index (χ2v) is 6.00. The van der Waals surface area contributed by atoms with Crippen LogP contribution in [0.5, 0.6) is 0 Å². The van der Waals surface area contributed by atoms with E-state index >= 15 is 0 Å². The molecule has 3 aromatic carbocycles. The number of amides is 1. The molecule has 28 heavy (non-hydrogen) atoms. The predicted octanol–water partition coefficient (Wildman–Crippen LogP) is 4.53. The van der Waals surface area contributed by atoms with Crippen molar-refractivity contribution in [2.24, 2.45) is 0 Å². The minimum atomic E-state index is -0.249. The molecule has 0 atom stereocenters. The third-order valence-electron chi connectivity index (χ3n) is 4.11. The Balaban J connectivity index is 1.47. The molecule has 1 N–H and O–H groups in total. The summed E-state index contributed by atoms with van der Waals surface area (Å²) in [7, 11) is 0. The van der Waals surface area contributed by atoms with Crippen LogP contribution in [0.1, 0.15) is 15.9 Å². The normalized spacial score (nSPS) is 10.2. The lowest BCUT2D eigenvalue weighted by Gasteiger charge is -2.05. The Bertz CT molecular complexity index is 1140. The number of hydrogen-bond donors (Lipinski definition) is 1. The van der Waals surface area contributed by atoms with Crippen molar-refractivity contribution < 1.29 is 9.21 Å². The van der Waals surface area contributed by atoms with Gasteiger partial charge in [0.25, 0.3) is 5.91 Å². The average Bonchev–Trinajstić information content (AvgIpc) is 3.25. The fraction of sp³-hybridized carbons (Fsp3) is 0. The van der Waals surface area contributed by atoms with Crippen molar-refractivity contribution in [3.8, 4) is 29.0 Å². The standard InChI is InChI=1S/C22H14N4O2/c23-14-15-6-8-16(9-7-15)20(27)24-19-12-10-18(11-13-19)22-26-25-21(28-22)17-4-2-1-3-5-17/h1-13H,(H,24,27). The molecular formula is C22H14N4O2. The highest BCUT2D eigenvalue weighted by Gasteiger charge is 2.11. The largest absolute Gasteiger partial charge is 0.416 e. The molecule has 0 saturated heterocycles. The van der Waals surface area contributed by atoms with Crippen LogP contribution >= 0.6 is 0 Å². The van der Waals surface area contributed by atoms with Gasteiger partial charge in [-0.1, -0.05) is 18.2 Å². The van der Waals surface area contributed by atoms with E-state index in [4.69, 9.17) is 9.68 Å². The Labute approximate surface area is 161 Å². The molecule has 0 fully saturated rings. The molecule has 1 heterocycles. The molecule has 0 spiro atoms. The molecule has 0 aliphatic rings. The monoisotopic (exact) mass is 366 g/mol. The maximum absolute atomic E-state index is 12.3. The van der Waals surface area contributed by atoms with Crippen LogP contribution in [0.2, 0.25) is 0 Å². The average molecular weight is 366 g/mol. The molecule has 0 saturated carbocycles.